The van der Waals surface area contributed by atoms with E-state index in [1.165, 1.54) is 0 Å². The molecule has 1 aromatic heterocycles. The Morgan fingerprint density at radius 3 is 2.46 bits per heavy atom. The van der Waals surface area contributed by atoms with E-state index in [-0.39, 0.29) is 5.91 Å². The second-order valence-corrected chi connectivity index (χ2v) is 8.65. The lowest BCUT2D eigenvalue weighted by Crippen LogP contribution is -2.42. The van der Waals surface area contributed by atoms with Crippen molar-refractivity contribution in [2.75, 3.05) is 10.2 Å². The lowest BCUT2D eigenvalue weighted by atomic mass is 9.84. The number of anilines is 3. The molecule has 0 bridgehead atoms. The van der Waals surface area contributed by atoms with Gasteiger partial charge in [-0.25, -0.2) is 0 Å². The Labute approximate surface area is 202 Å². The van der Waals surface area contributed by atoms with Gasteiger partial charge in [-0.1, -0.05) is 54.6 Å². The van der Waals surface area contributed by atoms with Crippen LogP contribution in [0.25, 0.3) is 0 Å². The van der Waals surface area contributed by atoms with Gasteiger partial charge in [-0.3, -0.25) is 14.3 Å². The Balaban J connectivity index is 1.56. The summed E-state index contributed by atoms with van der Waals surface area (Å²) in [7, 11) is 1.85. The van der Waals surface area contributed by atoms with Crippen molar-refractivity contribution in [3.8, 4) is 0 Å². The zero-order valence-electron chi connectivity index (χ0n) is 19.4. The number of hydrogen-bond acceptors (Lipinski definition) is 5. The number of aromatic nitrogens is 2. The fourth-order valence-corrected chi connectivity index (χ4v) is 4.54. The third-order valence-electron chi connectivity index (χ3n) is 6.46. The maximum Gasteiger partial charge on any atom is 0.258 e. The lowest BCUT2D eigenvalue weighted by Gasteiger charge is -2.27. The summed E-state index contributed by atoms with van der Waals surface area (Å²) in [6.45, 7) is 2.11. The molecule has 2 heterocycles. The molecule has 0 saturated carbocycles. The van der Waals surface area contributed by atoms with Gasteiger partial charge in [0.2, 0.25) is 0 Å². The van der Waals surface area contributed by atoms with Crippen LogP contribution in [-0.2, 0) is 24.0 Å². The fraction of sp³-hybridized carbons (Fsp3) is 0.148. The topological polar surface area (TPSA) is 113 Å². The molecule has 176 valence electrons. The first-order valence-corrected chi connectivity index (χ1v) is 11.2. The van der Waals surface area contributed by atoms with Gasteiger partial charge in [0, 0.05) is 18.2 Å². The number of hydrogen-bond donors (Lipinski definition) is 3. The standard InChI is InChI=1S/C27H25N5O3/c1-17-14-20(27(35,26(28)34)19-8-4-3-5-9-19)12-13-21(17)25(33)32-16-18-15-29-31(2)24(18)30-22-10-6-7-11-23(22)32/h3-15,30,35H,16H2,1-2H3,(H2,28,34). The number of fused-ring (bicyclic) bond motifs is 2. The van der Waals surface area contributed by atoms with E-state index in [1.807, 2.05) is 31.3 Å². The number of amides is 2. The first kappa shape index (κ1) is 22.4. The van der Waals surface area contributed by atoms with Gasteiger partial charge in [-0.05, 0) is 41.8 Å². The Hall–Kier alpha value is -4.43. The quantitative estimate of drug-likeness (QED) is 0.426. The summed E-state index contributed by atoms with van der Waals surface area (Å²) in [4.78, 5) is 27.9. The van der Waals surface area contributed by atoms with Crippen molar-refractivity contribution in [1.29, 1.82) is 0 Å². The van der Waals surface area contributed by atoms with Crippen LogP contribution in [0.2, 0.25) is 0 Å². The summed E-state index contributed by atoms with van der Waals surface area (Å²) < 4.78 is 1.74. The highest BCUT2D eigenvalue weighted by atomic mass is 16.3. The van der Waals surface area contributed by atoms with E-state index in [4.69, 9.17) is 5.73 Å². The lowest BCUT2D eigenvalue weighted by molar-refractivity contribution is -0.133. The molecule has 1 aliphatic rings. The summed E-state index contributed by atoms with van der Waals surface area (Å²) in [6.07, 6.45) is 1.75. The predicted octanol–water partition coefficient (Wildman–Crippen LogP) is 3.35. The molecule has 0 fully saturated rings. The molecule has 1 unspecified atom stereocenters. The molecular formula is C27H25N5O3. The number of carbonyl (C=O) groups excluding carboxylic acids is 2. The fourth-order valence-electron chi connectivity index (χ4n) is 4.54. The minimum atomic E-state index is -2.02. The van der Waals surface area contributed by atoms with Gasteiger partial charge in [-0.15, -0.1) is 0 Å². The highest BCUT2D eigenvalue weighted by molar-refractivity contribution is 6.09. The van der Waals surface area contributed by atoms with Crippen molar-refractivity contribution in [3.05, 3.63) is 107 Å². The largest absolute Gasteiger partial charge is 0.372 e. The van der Waals surface area contributed by atoms with E-state index in [1.54, 1.807) is 71.2 Å². The molecule has 1 aliphatic heterocycles. The van der Waals surface area contributed by atoms with Gasteiger partial charge in [-0.2, -0.15) is 5.10 Å². The second kappa shape index (κ2) is 8.41. The Morgan fingerprint density at radius 2 is 1.74 bits per heavy atom. The normalized spacial score (nSPS) is 14.2. The summed E-state index contributed by atoms with van der Waals surface area (Å²) in [5.74, 6) is -0.268. The average molecular weight is 468 g/mol. The first-order valence-electron chi connectivity index (χ1n) is 11.2. The van der Waals surface area contributed by atoms with Gasteiger partial charge in [0.15, 0.2) is 5.60 Å². The molecule has 0 saturated heterocycles. The van der Waals surface area contributed by atoms with E-state index in [2.05, 4.69) is 10.4 Å². The zero-order valence-corrected chi connectivity index (χ0v) is 19.4. The maximum absolute atomic E-state index is 13.8. The van der Waals surface area contributed by atoms with Crippen molar-refractivity contribution in [2.24, 2.45) is 12.8 Å². The SMILES string of the molecule is Cc1cc(C(O)(C(N)=O)c2ccccc2)ccc1C(=O)N1Cc2cnn(C)c2Nc2ccccc21. The molecule has 4 N–H and O–H groups in total. The van der Waals surface area contributed by atoms with E-state index >= 15 is 0 Å². The number of benzene rings is 3. The molecule has 5 rings (SSSR count). The van der Waals surface area contributed by atoms with Crippen LogP contribution in [0.1, 0.15) is 32.6 Å². The van der Waals surface area contributed by atoms with Crippen LogP contribution in [-0.4, -0.2) is 26.7 Å². The van der Waals surface area contributed by atoms with Crippen molar-refractivity contribution in [2.45, 2.75) is 19.1 Å². The summed E-state index contributed by atoms with van der Waals surface area (Å²) >= 11 is 0. The Kier molecular flexibility index (Phi) is 5.37. The number of nitrogens with two attached hydrogens (primary N) is 1. The second-order valence-electron chi connectivity index (χ2n) is 8.65. The van der Waals surface area contributed by atoms with Gasteiger partial charge >= 0.3 is 0 Å². The molecule has 1 atom stereocenters. The third kappa shape index (κ3) is 3.64. The molecule has 8 heteroatoms. The molecule has 4 aromatic rings. The zero-order chi connectivity index (χ0) is 24.7. The number of para-hydroxylation sites is 2. The first-order chi connectivity index (χ1) is 16.8. The van der Waals surface area contributed by atoms with Crippen LogP contribution >= 0.6 is 0 Å². The van der Waals surface area contributed by atoms with Gasteiger partial charge < -0.3 is 21.1 Å². The third-order valence-corrected chi connectivity index (χ3v) is 6.46. The van der Waals surface area contributed by atoms with Gasteiger partial charge in [0.1, 0.15) is 5.82 Å². The van der Waals surface area contributed by atoms with Crippen LogP contribution in [0.3, 0.4) is 0 Å². The number of nitrogens with one attached hydrogen (secondary N) is 1. The number of aryl methyl sites for hydroxylation is 2. The monoisotopic (exact) mass is 467 g/mol. The summed E-state index contributed by atoms with van der Waals surface area (Å²) in [5, 5.41) is 19.0. The minimum Gasteiger partial charge on any atom is -0.372 e. The van der Waals surface area contributed by atoms with Crippen LogP contribution in [0, 0.1) is 6.92 Å². The van der Waals surface area contributed by atoms with Crippen LogP contribution in [0.15, 0.2) is 79.0 Å². The molecule has 35 heavy (non-hydrogen) atoms. The Morgan fingerprint density at radius 1 is 1.03 bits per heavy atom. The van der Waals surface area contributed by atoms with E-state index in [9.17, 15) is 14.7 Å². The highest BCUT2D eigenvalue weighted by Crippen LogP contribution is 2.37. The van der Waals surface area contributed by atoms with E-state index < -0.39 is 11.5 Å². The van der Waals surface area contributed by atoms with Gasteiger partial charge in [0.05, 0.1) is 24.1 Å². The molecule has 8 nitrogen and oxygen atoms in total. The summed E-state index contributed by atoms with van der Waals surface area (Å²) in [6, 6.07) is 21.0. The highest BCUT2D eigenvalue weighted by Gasteiger charge is 2.38. The molecule has 2 amide bonds. The van der Waals surface area contributed by atoms with E-state index in [0.29, 0.717) is 28.8 Å². The van der Waals surface area contributed by atoms with Crippen molar-refractivity contribution in [3.63, 3.8) is 0 Å². The van der Waals surface area contributed by atoms with Crippen molar-refractivity contribution < 1.29 is 14.7 Å². The number of carbonyl (C=O) groups is 2. The van der Waals surface area contributed by atoms with E-state index in [0.717, 1.165) is 22.8 Å². The predicted molar refractivity (Wildman–Crippen MR) is 133 cm³/mol. The molecule has 0 radical (unpaired) electrons. The van der Waals surface area contributed by atoms with Crippen molar-refractivity contribution >= 4 is 29.0 Å². The molecule has 0 aliphatic carbocycles. The molecule has 3 aromatic carbocycles. The number of aliphatic hydroxyl groups is 1. The molecule has 0 spiro atoms. The number of rotatable bonds is 4. The number of primary amides is 1. The minimum absolute atomic E-state index is 0.206. The number of nitrogens with zero attached hydrogens (tertiary/aromatic N) is 3. The van der Waals surface area contributed by atoms with Crippen LogP contribution in [0.5, 0.6) is 0 Å². The van der Waals surface area contributed by atoms with Crippen LogP contribution in [0.4, 0.5) is 17.2 Å². The Bertz CT molecular complexity index is 1450. The van der Waals surface area contributed by atoms with Crippen LogP contribution < -0.4 is 16.0 Å². The maximum atomic E-state index is 13.8. The average Bonchev–Trinajstić information content (AvgIpc) is 3.11. The smallest absolute Gasteiger partial charge is 0.258 e. The molecular weight excluding hydrogens is 442 g/mol. The van der Waals surface area contributed by atoms with Gasteiger partial charge in [0.25, 0.3) is 11.8 Å². The summed E-state index contributed by atoms with van der Waals surface area (Å²) in [5.41, 5.74) is 7.79. The van der Waals surface area contributed by atoms with Crippen molar-refractivity contribution in [1.82, 2.24) is 9.78 Å².